The van der Waals surface area contributed by atoms with E-state index in [1.54, 1.807) is 0 Å². The SMILES string of the molecule is CN(CC(=O)NC1CCCc2ccccc21)Cc1ccccc1. The number of nitrogens with zero attached hydrogens (tertiary/aromatic N) is 1. The monoisotopic (exact) mass is 308 g/mol. The van der Waals surface area contributed by atoms with E-state index >= 15 is 0 Å². The molecule has 23 heavy (non-hydrogen) atoms. The van der Waals surface area contributed by atoms with Crippen LogP contribution in [0.4, 0.5) is 0 Å². The smallest absolute Gasteiger partial charge is 0.234 e. The first-order valence-corrected chi connectivity index (χ1v) is 8.32. The minimum absolute atomic E-state index is 0.102. The predicted octanol–water partition coefficient (Wildman–Crippen LogP) is 3.31. The molecule has 0 fully saturated rings. The van der Waals surface area contributed by atoms with Crippen LogP contribution in [0.1, 0.15) is 35.6 Å². The fourth-order valence-corrected chi connectivity index (χ4v) is 3.34. The molecule has 0 aliphatic heterocycles. The van der Waals surface area contributed by atoms with Crippen LogP contribution < -0.4 is 5.32 Å². The summed E-state index contributed by atoms with van der Waals surface area (Å²) in [5.74, 6) is 0.102. The van der Waals surface area contributed by atoms with Gasteiger partial charge < -0.3 is 5.32 Å². The van der Waals surface area contributed by atoms with Gasteiger partial charge in [-0.2, -0.15) is 0 Å². The maximum atomic E-state index is 12.4. The second-order valence-corrected chi connectivity index (χ2v) is 6.37. The number of hydrogen-bond acceptors (Lipinski definition) is 2. The summed E-state index contributed by atoms with van der Waals surface area (Å²) in [4.78, 5) is 14.4. The highest BCUT2D eigenvalue weighted by Crippen LogP contribution is 2.29. The maximum absolute atomic E-state index is 12.4. The molecule has 0 spiro atoms. The van der Waals surface area contributed by atoms with Crippen LogP contribution in [0, 0.1) is 0 Å². The van der Waals surface area contributed by atoms with Gasteiger partial charge in [0.15, 0.2) is 0 Å². The molecule has 3 heteroatoms. The van der Waals surface area contributed by atoms with Gasteiger partial charge in [0.2, 0.25) is 5.91 Å². The van der Waals surface area contributed by atoms with Crippen LogP contribution in [0.15, 0.2) is 54.6 Å². The predicted molar refractivity (Wildman–Crippen MR) is 93.0 cm³/mol. The third-order valence-corrected chi connectivity index (χ3v) is 4.41. The first kappa shape index (κ1) is 15.8. The molecule has 120 valence electrons. The largest absolute Gasteiger partial charge is 0.348 e. The van der Waals surface area contributed by atoms with Crippen molar-refractivity contribution in [2.24, 2.45) is 0 Å². The van der Waals surface area contributed by atoms with Crippen LogP contribution in [0.2, 0.25) is 0 Å². The molecular formula is C20H24N2O. The number of aryl methyl sites for hydroxylation is 1. The van der Waals surface area contributed by atoms with Crippen LogP contribution >= 0.6 is 0 Å². The van der Waals surface area contributed by atoms with Gasteiger partial charge >= 0.3 is 0 Å². The maximum Gasteiger partial charge on any atom is 0.234 e. The lowest BCUT2D eigenvalue weighted by atomic mass is 9.88. The van der Waals surface area contributed by atoms with Crippen molar-refractivity contribution in [2.45, 2.75) is 31.8 Å². The van der Waals surface area contributed by atoms with Crippen LogP contribution in [0.5, 0.6) is 0 Å². The highest BCUT2D eigenvalue weighted by Gasteiger charge is 2.21. The van der Waals surface area contributed by atoms with Crippen LogP contribution in [0.25, 0.3) is 0 Å². The van der Waals surface area contributed by atoms with Gasteiger partial charge in [0.25, 0.3) is 0 Å². The van der Waals surface area contributed by atoms with E-state index in [9.17, 15) is 4.79 Å². The molecule has 0 bridgehead atoms. The molecule has 1 amide bonds. The summed E-state index contributed by atoms with van der Waals surface area (Å²) in [6.07, 6.45) is 3.30. The van der Waals surface area contributed by atoms with Gasteiger partial charge in [-0.15, -0.1) is 0 Å². The Labute approximate surface area is 138 Å². The van der Waals surface area contributed by atoms with E-state index in [0.717, 1.165) is 25.8 Å². The Hall–Kier alpha value is -2.13. The molecule has 3 nitrogen and oxygen atoms in total. The standard InChI is InChI=1S/C20H24N2O/c1-22(14-16-8-3-2-4-9-16)15-20(23)21-19-13-7-11-17-10-5-6-12-18(17)19/h2-6,8-10,12,19H,7,11,13-15H2,1H3,(H,21,23). The summed E-state index contributed by atoms with van der Waals surface area (Å²) in [6.45, 7) is 1.21. The average Bonchev–Trinajstić information content (AvgIpc) is 2.56. The molecule has 1 aliphatic carbocycles. The second kappa shape index (κ2) is 7.42. The molecule has 1 atom stereocenters. The molecule has 1 unspecified atom stereocenters. The second-order valence-electron chi connectivity index (χ2n) is 6.37. The summed E-state index contributed by atoms with van der Waals surface area (Å²) in [7, 11) is 1.99. The quantitative estimate of drug-likeness (QED) is 0.919. The van der Waals surface area contributed by atoms with E-state index < -0.39 is 0 Å². The number of benzene rings is 2. The number of likely N-dealkylation sites (N-methyl/N-ethyl adjacent to an activating group) is 1. The zero-order valence-electron chi connectivity index (χ0n) is 13.7. The average molecular weight is 308 g/mol. The van der Waals surface area contributed by atoms with E-state index in [1.165, 1.54) is 16.7 Å². The highest BCUT2D eigenvalue weighted by molar-refractivity contribution is 5.78. The van der Waals surface area contributed by atoms with Crippen LogP contribution in [-0.4, -0.2) is 24.4 Å². The first-order valence-electron chi connectivity index (χ1n) is 8.32. The molecule has 2 aromatic rings. The lowest BCUT2D eigenvalue weighted by Gasteiger charge is -2.27. The van der Waals surface area contributed by atoms with Crippen molar-refractivity contribution >= 4 is 5.91 Å². The van der Waals surface area contributed by atoms with Crippen LogP contribution in [0.3, 0.4) is 0 Å². The number of fused-ring (bicyclic) bond motifs is 1. The Bertz CT molecular complexity index is 654. The Morgan fingerprint density at radius 2 is 1.87 bits per heavy atom. The van der Waals surface area contributed by atoms with Gasteiger partial charge in [-0.05, 0) is 43.0 Å². The van der Waals surface area contributed by atoms with Gasteiger partial charge in [-0.25, -0.2) is 0 Å². The highest BCUT2D eigenvalue weighted by atomic mass is 16.2. The minimum atomic E-state index is 0.102. The Balaban J connectivity index is 1.56. The van der Waals surface area contributed by atoms with Crippen molar-refractivity contribution in [1.82, 2.24) is 10.2 Å². The Morgan fingerprint density at radius 3 is 2.70 bits per heavy atom. The number of carbonyl (C=O) groups excluding carboxylic acids is 1. The number of rotatable bonds is 5. The number of carbonyl (C=O) groups is 1. The summed E-state index contributed by atoms with van der Waals surface area (Å²) in [5, 5.41) is 3.21. The van der Waals surface area contributed by atoms with Crippen molar-refractivity contribution in [2.75, 3.05) is 13.6 Å². The zero-order chi connectivity index (χ0) is 16.1. The Kier molecular flexibility index (Phi) is 5.09. The number of nitrogens with one attached hydrogen (secondary N) is 1. The zero-order valence-corrected chi connectivity index (χ0v) is 13.7. The summed E-state index contributed by atoms with van der Waals surface area (Å²) in [6, 6.07) is 18.9. The van der Waals surface area contributed by atoms with E-state index in [2.05, 4.69) is 46.6 Å². The van der Waals surface area contributed by atoms with Crippen molar-refractivity contribution in [1.29, 1.82) is 0 Å². The lowest BCUT2D eigenvalue weighted by Crippen LogP contribution is -2.38. The molecule has 1 N–H and O–H groups in total. The number of hydrogen-bond donors (Lipinski definition) is 1. The summed E-state index contributed by atoms with van der Waals surface area (Å²) < 4.78 is 0. The summed E-state index contributed by atoms with van der Waals surface area (Å²) >= 11 is 0. The minimum Gasteiger partial charge on any atom is -0.348 e. The van der Waals surface area contributed by atoms with Gasteiger partial charge in [-0.1, -0.05) is 54.6 Å². The van der Waals surface area contributed by atoms with Gasteiger partial charge in [0.05, 0.1) is 12.6 Å². The summed E-state index contributed by atoms with van der Waals surface area (Å²) in [5.41, 5.74) is 3.89. The third kappa shape index (κ3) is 4.20. The van der Waals surface area contributed by atoms with Gasteiger partial charge in [0.1, 0.15) is 0 Å². The Morgan fingerprint density at radius 1 is 1.13 bits per heavy atom. The molecule has 0 heterocycles. The number of amides is 1. The van der Waals surface area contributed by atoms with E-state index in [0.29, 0.717) is 6.54 Å². The van der Waals surface area contributed by atoms with Crippen molar-refractivity contribution in [3.05, 3.63) is 71.3 Å². The van der Waals surface area contributed by atoms with E-state index in [4.69, 9.17) is 0 Å². The van der Waals surface area contributed by atoms with Gasteiger partial charge in [-0.3, -0.25) is 9.69 Å². The topological polar surface area (TPSA) is 32.3 Å². The van der Waals surface area contributed by atoms with E-state index in [-0.39, 0.29) is 11.9 Å². The van der Waals surface area contributed by atoms with Crippen LogP contribution in [-0.2, 0) is 17.8 Å². The molecule has 0 saturated carbocycles. The van der Waals surface area contributed by atoms with Crippen molar-refractivity contribution in [3.8, 4) is 0 Å². The normalized spacial score (nSPS) is 16.9. The fourth-order valence-electron chi connectivity index (χ4n) is 3.34. The molecule has 0 radical (unpaired) electrons. The fraction of sp³-hybridized carbons (Fsp3) is 0.350. The molecular weight excluding hydrogens is 284 g/mol. The van der Waals surface area contributed by atoms with Crippen molar-refractivity contribution in [3.63, 3.8) is 0 Å². The third-order valence-electron chi connectivity index (χ3n) is 4.41. The lowest BCUT2D eigenvalue weighted by molar-refractivity contribution is -0.122. The molecule has 1 aliphatic rings. The molecule has 2 aromatic carbocycles. The van der Waals surface area contributed by atoms with Crippen molar-refractivity contribution < 1.29 is 4.79 Å². The molecule has 0 aromatic heterocycles. The first-order chi connectivity index (χ1) is 11.2. The van der Waals surface area contributed by atoms with E-state index in [1.807, 2.05) is 25.2 Å². The molecule has 3 rings (SSSR count). The molecule has 0 saturated heterocycles. The van der Waals surface area contributed by atoms with Gasteiger partial charge in [0, 0.05) is 6.54 Å².